The van der Waals surface area contributed by atoms with Crippen LogP contribution >= 0.6 is 0 Å². The minimum Gasteiger partial charge on any atom is -0.478 e. The number of carboxylic acid groups (broad SMARTS) is 1. The van der Waals surface area contributed by atoms with E-state index in [2.05, 4.69) is 4.98 Å². The molecule has 0 radical (unpaired) electrons. The van der Waals surface area contributed by atoms with Crippen LogP contribution in [-0.4, -0.2) is 16.1 Å². The molecule has 3 heteroatoms. The Bertz CT molecular complexity index is 369. The molecular formula is C9H7NO2. The van der Waals surface area contributed by atoms with Crippen LogP contribution in [0.25, 0.3) is 6.08 Å². The summed E-state index contributed by atoms with van der Waals surface area (Å²) in [5, 5.41) is 8.69. The molecule has 2 rings (SSSR count). The van der Waals surface area contributed by atoms with E-state index in [1.807, 2.05) is 6.07 Å². The molecule has 1 aromatic heterocycles. The summed E-state index contributed by atoms with van der Waals surface area (Å²) < 4.78 is 0. The summed E-state index contributed by atoms with van der Waals surface area (Å²) in [6.45, 7) is 0. The quantitative estimate of drug-likeness (QED) is 0.671. The smallest absolute Gasteiger partial charge is 0.331 e. The summed E-state index contributed by atoms with van der Waals surface area (Å²) >= 11 is 0. The molecule has 0 saturated heterocycles. The van der Waals surface area contributed by atoms with Gasteiger partial charge in [-0.25, -0.2) is 4.79 Å². The van der Waals surface area contributed by atoms with E-state index in [0.29, 0.717) is 12.0 Å². The molecule has 3 nitrogen and oxygen atoms in total. The zero-order chi connectivity index (χ0) is 8.55. The van der Waals surface area contributed by atoms with Crippen LogP contribution in [0.3, 0.4) is 0 Å². The zero-order valence-corrected chi connectivity index (χ0v) is 6.32. The molecule has 0 aliphatic heterocycles. The van der Waals surface area contributed by atoms with Crippen LogP contribution in [0.15, 0.2) is 23.9 Å². The number of rotatable bonds is 1. The Labute approximate surface area is 69.4 Å². The van der Waals surface area contributed by atoms with E-state index in [1.54, 1.807) is 18.3 Å². The number of carboxylic acids is 1. The molecule has 12 heavy (non-hydrogen) atoms. The fourth-order valence-electron chi connectivity index (χ4n) is 1.29. The molecule has 0 unspecified atom stereocenters. The molecule has 60 valence electrons. The van der Waals surface area contributed by atoms with Gasteiger partial charge in [0.05, 0.1) is 5.69 Å². The maximum atomic E-state index is 10.6. The topological polar surface area (TPSA) is 50.2 Å². The molecule has 0 saturated carbocycles. The second-order valence-corrected chi connectivity index (χ2v) is 2.69. The van der Waals surface area contributed by atoms with Crippen molar-refractivity contribution in [1.82, 2.24) is 4.98 Å². The Morgan fingerprint density at radius 3 is 3.08 bits per heavy atom. The number of nitrogens with zero attached hydrogens (tertiary/aromatic N) is 1. The third-order valence-electron chi connectivity index (χ3n) is 1.89. The van der Waals surface area contributed by atoms with Gasteiger partial charge in [-0.15, -0.1) is 0 Å². The summed E-state index contributed by atoms with van der Waals surface area (Å²) in [7, 11) is 0. The normalized spacial score (nSPS) is 13.8. The first-order valence-corrected chi connectivity index (χ1v) is 3.65. The standard InChI is InChI=1S/C9H7NO2/c11-9(12)7-4-6-2-1-3-10-8(6)5-7/h1-4H,5H2,(H,11,12). The number of hydrogen-bond acceptors (Lipinski definition) is 2. The van der Waals surface area contributed by atoms with Crippen molar-refractivity contribution >= 4 is 12.0 Å². The number of aromatic nitrogens is 1. The van der Waals surface area contributed by atoms with Crippen LogP contribution in [0.1, 0.15) is 11.3 Å². The van der Waals surface area contributed by atoms with Crippen molar-refractivity contribution in [1.29, 1.82) is 0 Å². The fourth-order valence-corrected chi connectivity index (χ4v) is 1.29. The van der Waals surface area contributed by atoms with Gasteiger partial charge in [0.15, 0.2) is 0 Å². The number of hydrogen-bond donors (Lipinski definition) is 1. The first-order chi connectivity index (χ1) is 5.77. The highest BCUT2D eigenvalue weighted by molar-refractivity contribution is 5.94. The molecule has 0 amide bonds. The lowest BCUT2D eigenvalue weighted by Gasteiger charge is -1.93. The van der Waals surface area contributed by atoms with E-state index in [1.165, 1.54) is 0 Å². The van der Waals surface area contributed by atoms with E-state index in [-0.39, 0.29) is 0 Å². The van der Waals surface area contributed by atoms with Gasteiger partial charge in [0.25, 0.3) is 0 Å². The van der Waals surface area contributed by atoms with E-state index in [9.17, 15) is 4.79 Å². The zero-order valence-electron chi connectivity index (χ0n) is 6.32. The SMILES string of the molecule is O=C(O)C1=Cc2cccnc2C1. The molecule has 1 aromatic rings. The van der Waals surface area contributed by atoms with Crippen LogP contribution in [-0.2, 0) is 11.2 Å². The first-order valence-electron chi connectivity index (χ1n) is 3.65. The minimum absolute atomic E-state index is 0.420. The van der Waals surface area contributed by atoms with Crippen molar-refractivity contribution in [3.05, 3.63) is 35.2 Å². The van der Waals surface area contributed by atoms with E-state index >= 15 is 0 Å². The lowest BCUT2D eigenvalue weighted by molar-refractivity contribution is -0.132. The van der Waals surface area contributed by atoms with Gasteiger partial charge in [-0.05, 0) is 17.7 Å². The maximum absolute atomic E-state index is 10.6. The third-order valence-corrected chi connectivity index (χ3v) is 1.89. The largest absolute Gasteiger partial charge is 0.478 e. The molecular weight excluding hydrogens is 154 g/mol. The van der Waals surface area contributed by atoms with Crippen molar-refractivity contribution in [2.24, 2.45) is 0 Å². The Balaban J connectivity index is 2.41. The second kappa shape index (κ2) is 2.44. The molecule has 0 spiro atoms. The van der Waals surface area contributed by atoms with Crippen molar-refractivity contribution in [2.45, 2.75) is 6.42 Å². The number of carbonyl (C=O) groups is 1. The molecule has 0 fully saturated rings. The average molecular weight is 161 g/mol. The number of aliphatic carboxylic acids is 1. The van der Waals surface area contributed by atoms with Gasteiger partial charge >= 0.3 is 5.97 Å². The first kappa shape index (κ1) is 7.03. The summed E-state index contributed by atoms with van der Waals surface area (Å²) in [6, 6.07) is 3.68. The van der Waals surface area contributed by atoms with Crippen LogP contribution < -0.4 is 0 Å². The monoisotopic (exact) mass is 161 g/mol. The Kier molecular flexibility index (Phi) is 1.43. The Morgan fingerprint density at radius 2 is 2.42 bits per heavy atom. The van der Waals surface area contributed by atoms with Gasteiger partial charge in [-0.3, -0.25) is 4.98 Å². The van der Waals surface area contributed by atoms with Crippen LogP contribution in [0.5, 0.6) is 0 Å². The van der Waals surface area contributed by atoms with Crippen molar-refractivity contribution in [3.8, 4) is 0 Å². The van der Waals surface area contributed by atoms with E-state index < -0.39 is 5.97 Å². The summed E-state index contributed by atoms with van der Waals surface area (Å²) in [6.07, 6.45) is 3.80. The van der Waals surface area contributed by atoms with Crippen LogP contribution in [0.2, 0.25) is 0 Å². The van der Waals surface area contributed by atoms with Crippen molar-refractivity contribution in [2.75, 3.05) is 0 Å². The van der Waals surface area contributed by atoms with Gasteiger partial charge in [0.2, 0.25) is 0 Å². The van der Waals surface area contributed by atoms with E-state index in [0.717, 1.165) is 11.3 Å². The molecule has 1 aliphatic carbocycles. The summed E-state index contributed by atoms with van der Waals surface area (Å²) in [5.41, 5.74) is 2.20. The highest BCUT2D eigenvalue weighted by Crippen LogP contribution is 2.22. The van der Waals surface area contributed by atoms with Crippen LogP contribution in [0.4, 0.5) is 0 Å². The molecule has 0 atom stereocenters. The van der Waals surface area contributed by atoms with Crippen LogP contribution in [0, 0.1) is 0 Å². The number of pyridine rings is 1. The van der Waals surface area contributed by atoms with Gasteiger partial charge in [-0.2, -0.15) is 0 Å². The maximum Gasteiger partial charge on any atom is 0.331 e. The molecule has 0 aromatic carbocycles. The number of fused-ring (bicyclic) bond motifs is 1. The Morgan fingerprint density at radius 1 is 1.58 bits per heavy atom. The van der Waals surface area contributed by atoms with Gasteiger partial charge < -0.3 is 5.11 Å². The lowest BCUT2D eigenvalue weighted by Crippen LogP contribution is -1.99. The minimum atomic E-state index is -0.854. The highest BCUT2D eigenvalue weighted by Gasteiger charge is 2.17. The van der Waals surface area contributed by atoms with Gasteiger partial charge in [-0.1, -0.05) is 6.07 Å². The fraction of sp³-hybridized carbons (Fsp3) is 0.111. The third kappa shape index (κ3) is 0.993. The van der Waals surface area contributed by atoms with Gasteiger partial charge in [0.1, 0.15) is 0 Å². The van der Waals surface area contributed by atoms with Crippen molar-refractivity contribution in [3.63, 3.8) is 0 Å². The average Bonchev–Trinajstić information content (AvgIpc) is 2.46. The predicted octanol–water partition coefficient (Wildman–Crippen LogP) is 1.11. The van der Waals surface area contributed by atoms with Crippen molar-refractivity contribution < 1.29 is 9.90 Å². The molecule has 0 bridgehead atoms. The summed E-state index contributed by atoms with van der Waals surface area (Å²) in [5.74, 6) is -0.854. The molecule has 1 heterocycles. The second-order valence-electron chi connectivity index (χ2n) is 2.69. The van der Waals surface area contributed by atoms with E-state index in [4.69, 9.17) is 5.11 Å². The molecule has 1 aliphatic rings. The Hall–Kier alpha value is -1.64. The lowest BCUT2D eigenvalue weighted by atomic mass is 10.2. The predicted molar refractivity (Wildman–Crippen MR) is 43.6 cm³/mol. The van der Waals surface area contributed by atoms with Gasteiger partial charge in [0, 0.05) is 18.2 Å². The highest BCUT2D eigenvalue weighted by atomic mass is 16.4. The summed E-state index contributed by atoms with van der Waals surface area (Å²) in [4.78, 5) is 14.7. The molecule has 1 N–H and O–H groups in total.